The number of fused-ring (bicyclic) bond motifs is 1. The Hall–Kier alpha value is -1.45. The fourth-order valence-corrected chi connectivity index (χ4v) is 2.80. The molecule has 1 aliphatic heterocycles. The van der Waals surface area contributed by atoms with Crippen LogP contribution in [0.4, 0.5) is 0 Å². The molecular formula is C16H15Cl2NO2. The third kappa shape index (κ3) is 3.09. The van der Waals surface area contributed by atoms with E-state index in [1.165, 1.54) is 0 Å². The Labute approximate surface area is 133 Å². The summed E-state index contributed by atoms with van der Waals surface area (Å²) in [6.07, 6.45) is 0.878. The van der Waals surface area contributed by atoms with E-state index >= 15 is 0 Å². The number of pyridine rings is 1. The first kappa shape index (κ1) is 14.5. The zero-order valence-corrected chi connectivity index (χ0v) is 13.3. The van der Waals surface area contributed by atoms with Crippen LogP contribution in [0.2, 0.25) is 10.3 Å². The summed E-state index contributed by atoms with van der Waals surface area (Å²) in [5, 5.41) is 0.728. The van der Waals surface area contributed by atoms with Crippen LogP contribution >= 0.6 is 23.2 Å². The van der Waals surface area contributed by atoms with E-state index in [4.69, 9.17) is 32.7 Å². The van der Waals surface area contributed by atoms with Crippen LogP contribution in [0.5, 0.6) is 11.5 Å². The molecule has 0 N–H and O–H groups in total. The van der Waals surface area contributed by atoms with Gasteiger partial charge >= 0.3 is 0 Å². The Kier molecular flexibility index (Phi) is 3.72. The molecule has 0 saturated carbocycles. The number of nitrogens with zero attached hydrogens (tertiary/aromatic N) is 1. The van der Waals surface area contributed by atoms with E-state index in [-0.39, 0.29) is 5.60 Å². The van der Waals surface area contributed by atoms with Crippen molar-refractivity contribution in [1.82, 2.24) is 4.98 Å². The van der Waals surface area contributed by atoms with Crippen LogP contribution in [0, 0.1) is 0 Å². The van der Waals surface area contributed by atoms with Gasteiger partial charge in [0.05, 0.1) is 0 Å². The fourth-order valence-electron chi connectivity index (χ4n) is 2.41. The number of aromatic nitrogens is 1. The molecular weight excluding hydrogens is 309 g/mol. The molecule has 1 aromatic heterocycles. The number of halogens is 2. The Balaban J connectivity index is 1.80. The maximum absolute atomic E-state index is 6.05. The van der Waals surface area contributed by atoms with Crippen LogP contribution in [0.15, 0.2) is 30.3 Å². The second-order valence-corrected chi connectivity index (χ2v) is 6.40. The first-order valence-corrected chi connectivity index (χ1v) is 7.45. The quantitative estimate of drug-likeness (QED) is 0.768. The molecule has 2 heterocycles. The summed E-state index contributed by atoms with van der Waals surface area (Å²) < 4.78 is 11.8. The van der Waals surface area contributed by atoms with Crippen molar-refractivity contribution in [3.8, 4) is 11.5 Å². The van der Waals surface area contributed by atoms with Crippen molar-refractivity contribution in [1.29, 1.82) is 0 Å². The van der Waals surface area contributed by atoms with Crippen LogP contribution < -0.4 is 9.47 Å². The minimum atomic E-state index is -0.193. The number of hydrogen-bond acceptors (Lipinski definition) is 3. The molecule has 0 radical (unpaired) electrons. The highest BCUT2D eigenvalue weighted by atomic mass is 35.5. The third-order valence-corrected chi connectivity index (χ3v) is 3.87. The molecule has 3 nitrogen and oxygen atoms in total. The van der Waals surface area contributed by atoms with E-state index in [2.05, 4.69) is 24.9 Å². The van der Waals surface area contributed by atoms with Gasteiger partial charge in [-0.1, -0.05) is 35.3 Å². The van der Waals surface area contributed by atoms with Crippen molar-refractivity contribution in [3.63, 3.8) is 0 Å². The lowest BCUT2D eigenvalue weighted by Crippen LogP contribution is -2.24. The molecule has 3 rings (SSSR count). The first-order chi connectivity index (χ1) is 9.94. The molecule has 110 valence electrons. The van der Waals surface area contributed by atoms with Gasteiger partial charge in [0.1, 0.15) is 22.5 Å². The largest absolute Gasteiger partial charge is 0.485 e. The Morgan fingerprint density at radius 1 is 1.24 bits per heavy atom. The molecule has 0 unspecified atom stereocenters. The number of para-hydroxylation sites is 1. The van der Waals surface area contributed by atoms with Gasteiger partial charge in [0, 0.05) is 17.5 Å². The fraction of sp³-hybridized carbons (Fsp3) is 0.312. The van der Waals surface area contributed by atoms with Gasteiger partial charge < -0.3 is 9.47 Å². The Morgan fingerprint density at radius 2 is 2.05 bits per heavy atom. The predicted octanol–water partition coefficient (Wildman–Crippen LogP) is 4.68. The van der Waals surface area contributed by atoms with Crippen molar-refractivity contribution >= 4 is 23.2 Å². The maximum Gasteiger partial charge on any atom is 0.165 e. The van der Waals surface area contributed by atoms with Gasteiger partial charge in [0.2, 0.25) is 0 Å². The molecule has 1 aromatic carbocycles. The zero-order valence-electron chi connectivity index (χ0n) is 11.8. The summed E-state index contributed by atoms with van der Waals surface area (Å²) in [4.78, 5) is 4.00. The third-order valence-electron chi connectivity index (χ3n) is 3.33. The van der Waals surface area contributed by atoms with Gasteiger partial charge in [-0.25, -0.2) is 4.98 Å². The summed E-state index contributed by atoms with van der Waals surface area (Å²) in [5.74, 6) is 1.55. The minimum Gasteiger partial charge on any atom is -0.485 e. The first-order valence-electron chi connectivity index (χ1n) is 6.69. The molecule has 0 fully saturated rings. The number of rotatable bonds is 3. The van der Waals surface area contributed by atoms with E-state index in [0.29, 0.717) is 16.9 Å². The molecule has 2 aromatic rings. The van der Waals surface area contributed by atoms with Crippen molar-refractivity contribution in [2.75, 3.05) is 0 Å². The average molecular weight is 324 g/mol. The van der Waals surface area contributed by atoms with E-state index in [1.54, 1.807) is 6.07 Å². The number of benzene rings is 1. The van der Waals surface area contributed by atoms with Gasteiger partial charge in [0.15, 0.2) is 11.5 Å². The molecule has 0 spiro atoms. The summed E-state index contributed by atoms with van der Waals surface area (Å²) in [7, 11) is 0. The molecule has 1 aliphatic rings. The highest BCUT2D eigenvalue weighted by Gasteiger charge is 2.32. The summed E-state index contributed by atoms with van der Waals surface area (Å²) in [5.41, 5.74) is 1.76. The van der Waals surface area contributed by atoms with Gasteiger partial charge in [-0.2, -0.15) is 0 Å². The van der Waals surface area contributed by atoms with Crippen molar-refractivity contribution in [2.24, 2.45) is 0 Å². The van der Waals surface area contributed by atoms with E-state index < -0.39 is 0 Å². The van der Waals surface area contributed by atoms with Crippen LogP contribution in [-0.2, 0) is 13.0 Å². The van der Waals surface area contributed by atoms with Crippen molar-refractivity contribution in [3.05, 3.63) is 51.8 Å². The highest BCUT2D eigenvalue weighted by Crippen LogP contribution is 2.42. The SMILES string of the molecule is CC1(C)Cc2cccc(OCc3ccc(Cl)nc3Cl)c2O1. The molecule has 5 heteroatoms. The maximum atomic E-state index is 6.05. The average Bonchev–Trinajstić information content (AvgIpc) is 2.72. The van der Waals surface area contributed by atoms with Crippen LogP contribution in [0.1, 0.15) is 25.0 Å². The van der Waals surface area contributed by atoms with Gasteiger partial charge in [-0.05, 0) is 32.0 Å². The number of ether oxygens (including phenoxy) is 2. The van der Waals surface area contributed by atoms with Gasteiger partial charge in [-0.3, -0.25) is 0 Å². The Bertz CT molecular complexity index is 686. The van der Waals surface area contributed by atoms with Crippen LogP contribution in [-0.4, -0.2) is 10.6 Å². The molecule has 21 heavy (non-hydrogen) atoms. The molecule has 0 aliphatic carbocycles. The Morgan fingerprint density at radius 3 is 2.81 bits per heavy atom. The zero-order chi connectivity index (χ0) is 15.0. The van der Waals surface area contributed by atoms with Crippen LogP contribution in [0.25, 0.3) is 0 Å². The second-order valence-electron chi connectivity index (χ2n) is 5.66. The standard InChI is InChI=1S/C16H15Cl2NO2/c1-16(2)8-10-4-3-5-12(14(10)21-16)20-9-11-6-7-13(17)19-15(11)18/h3-7H,8-9H2,1-2H3. The second kappa shape index (κ2) is 5.39. The van der Waals surface area contributed by atoms with E-state index in [1.807, 2.05) is 18.2 Å². The van der Waals surface area contributed by atoms with E-state index in [9.17, 15) is 0 Å². The summed E-state index contributed by atoms with van der Waals surface area (Å²) in [6, 6.07) is 9.44. The van der Waals surface area contributed by atoms with Gasteiger partial charge in [-0.15, -0.1) is 0 Å². The van der Waals surface area contributed by atoms with Crippen LogP contribution in [0.3, 0.4) is 0 Å². The smallest absolute Gasteiger partial charge is 0.165 e. The molecule has 0 bridgehead atoms. The lowest BCUT2D eigenvalue weighted by Gasteiger charge is -2.18. The summed E-state index contributed by atoms with van der Waals surface area (Å²) >= 11 is 11.8. The van der Waals surface area contributed by atoms with E-state index in [0.717, 1.165) is 29.0 Å². The molecule has 0 atom stereocenters. The normalized spacial score (nSPS) is 15.4. The summed E-state index contributed by atoms with van der Waals surface area (Å²) in [6.45, 7) is 4.46. The topological polar surface area (TPSA) is 31.4 Å². The molecule has 0 saturated heterocycles. The van der Waals surface area contributed by atoms with Gasteiger partial charge in [0.25, 0.3) is 0 Å². The monoisotopic (exact) mass is 323 g/mol. The highest BCUT2D eigenvalue weighted by molar-refractivity contribution is 6.32. The molecule has 0 amide bonds. The van der Waals surface area contributed by atoms with Crippen molar-refractivity contribution in [2.45, 2.75) is 32.5 Å². The number of hydrogen-bond donors (Lipinski definition) is 0. The predicted molar refractivity (Wildman–Crippen MR) is 83.4 cm³/mol. The lowest BCUT2D eigenvalue weighted by atomic mass is 10.0. The minimum absolute atomic E-state index is 0.193. The lowest BCUT2D eigenvalue weighted by molar-refractivity contribution is 0.131. The van der Waals surface area contributed by atoms with Crippen molar-refractivity contribution < 1.29 is 9.47 Å².